The van der Waals surface area contributed by atoms with Crippen molar-refractivity contribution in [2.45, 2.75) is 32.1 Å². The highest BCUT2D eigenvalue weighted by Gasteiger charge is 2.36. The van der Waals surface area contributed by atoms with E-state index >= 15 is 0 Å². The lowest BCUT2D eigenvalue weighted by Gasteiger charge is -2.27. The second-order valence-electron chi connectivity index (χ2n) is 6.79. The van der Waals surface area contributed by atoms with Crippen molar-refractivity contribution in [3.05, 3.63) is 0 Å². The SMILES string of the molecule is CN(C)S(=O)(=O)c1c(N)nsc1N1CCC(C(C)(C)C)C1. The molecule has 2 heterocycles. The Morgan fingerprint density at radius 1 is 1.38 bits per heavy atom. The van der Waals surface area contributed by atoms with Gasteiger partial charge in [0.25, 0.3) is 0 Å². The number of nitrogens with zero attached hydrogens (tertiary/aromatic N) is 3. The maximum absolute atomic E-state index is 12.5. The van der Waals surface area contributed by atoms with Gasteiger partial charge in [0.15, 0.2) is 10.7 Å². The first-order valence-electron chi connectivity index (χ1n) is 6.97. The van der Waals surface area contributed by atoms with Crippen molar-refractivity contribution in [1.29, 1.82) is 0 Å². The molecule has 8 heteroatoms. The van der Waals surface area contributed by atoms with Crippen LogP contribution in [0.2, 0.25) is 0 Å². The summed E-state index contributed by atoms with van der Waals surface area (Å²) in [6.07, 6.45) is 1.06. The zero-order valence-corrected chi connectivity index (χ0v) is 14.9. The van der Waals surface area contributed by atoms with Crippen LogP contribution >= 0.6 is 11.5 Å². The third kappa shape index (κ3) is 3.02. The number of anilines is 2. The van der Waals surface area contributed by atoms with Crippen molar-refractivity contribution in [1.82, 2.24) is 8.68 Å². The minimum atomic E-state index is -3.57. The highest BCUT2D eigenvalue weighted by atomic mass is 32.2. The van der Waals surface area contributed by atoms with Crippen LogP contribution in [0.15, 0.2) is 4.90 Å². The zero-order valence-electron chi connectivity index (χ0n) is 13.3. The molecular weight excluding hydrogens is 308 g/mol. The predicted octanol–water partition coefficient (Wildman–Crippen LogP) is 1.85. The van der Waals surface area contributed by atoms with Gasteiger partial charge in [-0.2, -0.15) is 4.37 Å². The van der Waals surface area contributed by atoms with Crippen molar-refractivity contribution in [2.75, 3.05) is 37.8 Å². The van der Waals surface area contributed by atoms with Crippen LogP contribution in [0, 0.1) is 11.3 Å². The summed E-state index contributed by atoms with van der Waals surface area (Å²) in [5, 5.41) is 0.674. The molecule has 0 amide bonds. The number of rotatable bonds is 3. The van der Waals surface area contributed by atoms with E-state index in [4.69, 9.17) is 5.73 Å². The van der Waals surface area contributed by atoms with Gasteiger partial charge in [-0.1, -0.05) is 20.8 Å². The molecule has 1 unspecified atom stereocenters. The summed E-state index contributed by atoms with van der Waals surface area (Å²) < 4.78 is 30.2. The van der Waals surface area contributed by atoms with E-state index in [1.54, 1.807) is 0 Å². The molecular formula is C13H24N4O2S2. The van der Waals surface area contributed by atoms with E-state index in [1.807, 2.05) is 0 Å². The van der Waals surface area contributed by atoms with E-state index in [0.29, 0.717) is 10.9 Å². The monoisotopic (exact) mass is 332 g/mol. The molecule has 0 radical (unpaired) electrons. The first kappa shape index (κ1) is 16.5. The molecule has 1 atom stereocenters. The summed E-state index contributed by atoms with van der Waals surface area (Å²) in [4.78, 5) is 2.27. The maximum atomic E-state index is 12.5. The van der Waals surface area contributed by atoms with Gasteiger partial charge in [0.1, 0.15) is 5.00 Å². The second kappa shape index (κ2) is 5.40. The Morgan fingerprint density at radius 3 is 2.48 bits per heavy atom. The van der Waals surface area contributed by atoms with Gasteiger partial charge in [0.05, 0.1) is 0 Å². The number of nitrogen functional groups attached to an aromatic ring is 1. The first-order chi connectivity index (χ1) is 9.55. The fourth-order valence-corrected chi connectivity index (χ4v) is 4.82. The van der Waals surface area contributed by atoms with Gasteiger partial charge in [-0.05, 0) is 29.3 Å². The summed E-state index contributed by atoms with van der Waals surface area (Å²) >= 11 is 1.18. The fourth-order valence-electron chi connectivity index (χ4n) is 2.56. The maximum Gasteiger partial charge on any atom is 0.249 e. The quantitative estimate of drug-likeness (QED) is 0.914. The Hall–Kier alpha value is -0.860. The van der Waals surface area contributed by atoms with Gasteiger partial charge in [-0.3, -0.25) is 0 Å². The van der Waals surface area contributed by atoms with E-state index in [0.717, 1.165) is 19.5 Å². The Kier molecular flexibility index (Phi) is 4.25. The number of nitrogens with two attached hydrogens (primary N) is 1. The number of sulfonamides is 1. The standard InChI is InChI=1S/C13H24N4O2S2/c1-13(2,3)9-6-7-17(8-9)12-10(11(14)15-20-12)21(18,19)16(4)5/h9H,6-8H2,1-5H3,(H2,14,15). The minimum absolute atomic E-state index is 0.0999. The van der Waals surface area contributed by atoms with Crippen LogP contribution in [0.4, 0.5) is 10.8 Å². The molecule has 1 saturated heterocycles. The molecule has 6 nitrogen and oxygen atoms in total. The molecule has 0 saturated carbocycles. The average molecular weight is 332 g/mol. The first-order valence-corrected chi connectivity index (χ1v) is 9.19. The lowest BCUT2D eigenvalue weighted by molar-refractivity contribution is 0.263. The molecule has 2 N–H and O–H groups in total. The Bertz CT molecular complexity index is 617. The van der Waals surface area contributed by atoms with Gasteiger partial charge in [0.2, 0.25) is 10.0 Å². The second-order valence-corrected chi connectivity index (χ2v) is 9.63. The summed E-state index contributed by atoms with van der Waals surface area (Å²) in [5.74, 6) is 0.638. The molecule has 0 spiro atoms. The van der Waals surface area contributed by atoms with Gasteiger partial charge in [-0.25, -0.2) is 12.7 Å². The largest absolute Gasteiger partial charge is 0.382 e. The lowest BCUT2D eigenvalue weighted by Crippen LogP contribution is -2.28. The van der Waals surface area contributed by atoms with Crippen molar-refractivity contribution >= 4 is 32.4 Å². The van der Waals surface area contributed by atoms with Gasteiger partial charge in [-0.15, -0.1) is 0 Å². The summed E-state index contributed by atoms with van der Waals surface area (Å²) in [6, 6.07) is 0. The third-order valence-corrected chi connectivity index (χ3v) is 7.03. The predicted molar refractivity (Wildman–Crippen MR) is 87.2 cm³/mol. The van der Waals surface area contributed by atoms with E-state index in [1.165, 1.54) is 29.9 Å². The molecule has 120 valence electrons. The van der Waals surface area contributed by atoms with Crippen molar-refractivity contribution in [2.24, 2.45) is 11.3 Å². The molecule has 1 aliphatic heterocycles. The van der Waals surface area contributed by atoms with E-state index in [2.05, 4.69) is 30.0 Å². The van der Waals surface area contributed by atoms with Crippen LogP contribution in [-0.2, 0) is 10.0 Å². The normalized spacial score (nSPS) is 20.5. The van der Waals surface area contributed by atoms with E-state index < -0.39 is 10.0 Å². The zero-order chi connectivity index (χ0) is 16.0. The van der Waals surface area contributed by atoms with Crippen LogP contribution in [0.1, 0.15) is 27.2 Å². The van der Waals surface area contributed by atoms with E-state index in [-0.39, 0.29) is 16.1 Å². The average Bonchev–Trinajstić information content (AvgIpc) is 2.93. The molecule has 0 aromatic carbocycles. The van der Waals surface area contributed by atoms with Crippen molar-refractivity contribution in [3.8, 4) is 0 Å². The van der Waals surface area contributed by atoms with Crippen LogP contribution in [0.5, 0.6) is 0 Å². The Morgan fingerprint density at radius 2 is 2.00 bits per heavy atom. The molecule has 1 fully saturated rings. The lowest BCUT2D eigenvalue weighted by atomic mass is 9.80. The smallest absolute Gasteiger partial charge is 0.249 e. The molecule has 0 bridgehead atoms. The number of hydrogen-bond acceptors (Lipinski definition) is 6. The minimum Gasteiger partial charge on any atom is -0.382 e. The molecule has 0 aliphatic carbocycles. The third-order valence-electron chi connectivity index (χ3n) is 4.10. The van der Waals surface area contributed by atoms with Crippen molar-refractivity contribution in [3.63, 3.8) is 0 Å². The topological polar surface area (TPSA) is 79.5 Å². The molecule has 1 aliphatic rings. The number of hydrogen-bond donors (Lipinski definition) is 1. The number of aromatic nitrogens is 1. The van der Waals surface area contributed by atoms with Crippen LogP contribution in [0.3, 0.4) is 0 Å². The Labute approximate surface area is 131 Å². The summed E-state index contributed by atoms with van der Waals surface area (Å²) in [6.45, 7) is 8.36. The van der Waals surface area contributed by atoms with Crippen molar-refractivity contribution < 1.29 is 8.42 Å². The van der Waals surface area contributed by atoms with Crippen LogP contribution < -0.4 is 10.6 Å². The highest BCUT2D eigenvalue weighted by molar-refractivity contribution is 7.89. The van der Waals surface area contributed by atoms with Crippen LogP contribution in [0.25, 0.3) is 0 Å². The van der Waals surface area contributed by atoms with Gasteiger partial charge >= 0.3 is 0 Å². The molecule has 21 heavy (non-hydrogen) atoms. The molecule has 1 aromatic heterocycles. The fraction of sp³-hybridized carbons (Fsp3) is 0.769. The summed E-state index contributed by atoms with van der Waals surface area (Å²) in [5.41, 5.74) is 6.03. The Balaban J connectivity index is 2.36. The van der Waals surface area contributed by atoms with Gasteiger partial charge < -0.3 is 10.6 Å². The molecule has 1 aromatic rings. The molecule has 2 rings (SSSR count). The highest BCUT2D eigenvalue weighted by Crippen LogP contribution is 2.41. The van der Waals surface area contributed by atoms with E-state index in [9.17, 15) is 8.42 Å². The van der Waals surface area contributed by atoms with Crippen LogP contribution in [-0.4, -0.2) is 44.3 Å². The van der Waals surface area contributed by atoms with Gasteiger partial charge in [0, 0.05) is 27.2 Å². The summed E-state index contributed by atoms with van der Waals surface area (Å²) in [7, 11) is -0.547.